The summed E-state index contributed by atoms with van der Waals surface area (Å²) in [5.41, 5.74) is -0.191. The number of aromatic nitrogens is 2. The topological polar surface area (TPSA) is 76.3 Å². The van der Waals surface area contributed by atoms with Crippen LogP contribution in [0.5, 0.6) is 0 Å². The molecule has 2 saturated heterocycles. The van der Waals surface area contributed by atoms with E-state index >= 15 is 0 Å². The molecule has 3 heterocycles. The Morgan fingerprint density at radius 2 is 2.12 bits per heavy atom. The summed E-state index contributed by atoms with van der Waals surface area (Å²) in [6.07, 6.45) is 2.46. The molecule has 2 unspecified atom stereocenters. The summed E-state index contributed by atoms with van der Waals surface area (Å²) in [6, 6.07) is 0.0990. The van der Waals surface area contributed by atoms with E-state index in [0.29, 0.717) is 5.56 Å². The Morgan fingerprint density at radius 1 is 1.35 bits per heavy atom. The minimum atomic E-state index is -0.353. The second-order valence-electron chi connectivity index (χ2n) is 6.46. The average Bonchev–Trinajstić information content (AvgIpc) is 3.16. The Morgan fingerprint density at radius 3 is 2.73 bits per heavy atom. The van der Waals surface area contributed by atoms with Crippen LogP contribution in [-0.4, -0.2) is 61.6 Å². The van der Waals surface area contributed by atoms with Crippen molar-refractivity contribution in [2.24, 2.45) is 14.1 Å². The van der Waals surface area contributed by atoms with Crippen LogP contribution in [0.4, 0.5) is 0 Å². The first-order valence-electron chi connectivity index (χ1n) is 8.45. The molecule has 2 aliphatic rings. The van der Waals surface area contributed by atoms with Gasteiger partial charge in [-0.2, -0.15) is 11.8 Å². The van der Waals surface area contributed by atoms with Gasteiger partial charge in [-0.3, -0.25) is 14.2 Å². The number of rotatable bonds is 4. The van der Waals surface area contributed by atoms with E-state index in [9.17, 15) is 14.4 Å². The molecule has 1 amide bonds. The summed E-state index contributed by atoms with van der Waals surface area (Å²) in [5, 5.41) is 3.25. The van der Waals surface area contributed by atoms with Crippen molar-refractivity contribution in [1.29, 1.82) is 0 Å². The van der Waals surface area contributed by atoms with E-state index in [-0.39, 0.29) is 47.4 Å². The predicted octanol–water partition coefficient (Wildman–Crippen LogP) is 0.0449. The molecule has 0 bridgehead atoms. The molecular weight excluding hydrogens is 396 g/mol. The fourth-order valence-electron chi connectivity index (χ4n) is 3.28. The van der Waals surface area contributed by atoms with Crippen LogP contribution in [0.15, 0.2) is 15.8 Å². The smallest absolute Gasteiger partial charge is 0.330 e. The van der Waals surface area contributed by atoms with Gasteiger partial charge >= 0.3 is 5.69 Å². The number of halogens is 1. The van der Waals surface area contributed by atoms with E-state index in [0.717, 1.165) is 41.3 Å². The Hall–Kier alpha value is -0.900. The van der Waals surface area contributed by atoms with Crippen LogP contribution < -0.4 is 16.6 Å². The van der Waals surface area contributed by atoms with Gasteiger partial charge in [0.2, 0.25) is 5.91 Å². The second-order valence-corrected chi connectivity index (χ2v) is 8.92. The van der Waals surface area contributed by atoms with Crippen LogP contribution in [0.2, 0.25) is 0 Å². The lowest BCUT2D eigenvalue weighted by Crippen LogP contribution is -2.48. The molecule has 0 spiro atoms. The highest BCUT2D eigenvalue weighted by Crippen LogP contribution is 2.27. The number of carbonyl (C=O) groups excluding carboxylic acids is 1. The maximum Gasteiger partial charge on any atom is 0.330 e. The molecule has 0 saturated carbocycles. The van der Waals surface area contributed by atoms with Crippen molar-refractivity contribution in [3.05, 3.63) is 32.6 Å². The lowest BCUT2D eigenvalue weighted by molar-refractivity contribution is -0.132. The summed E-state index contributed by atoms with van der Waals surface area (Å²) in [7, 11) is 3.10. The van der Waals surface area contributed by atoms with Crippen LogP contribution in [0, 0.1) is 0 Å². The van der Waals surface area contributed by atoms with Gasteiger partial charge in [0.15, 0.2) is 0 Å². The van der Waals surface area contributed by atoms with Crippen LogP contribution >= 0.6 is 35.9 Å². The molecule has 146 valence electrons. The lowest BCUT2D eigenvalue weighted by Gasteiger charge is -2.33. The normalized spacial score (nSPS) is 22.7. The van der Waals surface area contributed by atoms with E-state index < -0.39 is 0 Å². The maximum atomic E-state index is 13.1. The first-order chi connectivity index (χ1) is 12.0. The van der Waals surface area contributed by atoms with E-state index in [1.165, 1.54) is 11.6 Å². The van der Waals surface area contributed by atoms with Crippen LogP contribution in [0.1, 0.15) is 12.0 Å². The zero-order valence-corrected chi connectivity index (χ0v) is 17.4. The summed E-state index contributed by atoms with van der Waals surface area (Å²) >= 11 is 3.52. The fourth-order valence-corrected chi connectivity index (χ4v) is 5.90. The summed E-state index contributed by atoms with van der Waals surface area (Å²) in [5.74, 6) is 3.01. The quantitative estimate of drug-likeness (QED) is 0.741. The number of aryl methyl sites for hydroxylation is 1. The van der Waals surface area contributed by atoms with E-state index in [4.69, 9.17) is 0 Å². The number of nitrogens with zero attached hydrogens (tertiary/aromatic N) is 3. The number of thioether (sulfide) groups is 2. The van der Waals surface area contributed by atoms with Crippen molar-refractivity contribution < 1.29 is 4.79 Å². The molecule has 3 rings (SSSR count). The van der Waals surface area contributed by atoms with Gasteiger partial charge in [-0.25, -0.2) is 4.79 Å². The molecule has 7 nitrogen and oxygen atoms in total. The Labute approximate surface area is 167 Å². The third kappa shape index (κ3) is 4.49. The molecule has 1 aromatic rings. The number of carbonyl (C=O) groups is 1. The monoisotopic (exact) mass is 420 g/mol. The number of hydrogen-bond acceptors (Lipinski definition) is 6. The van der Waals surface area contributed by atoms with Crippen molar-refractivity contribution in [2.45, 2.75) is 24.3 Å². The molecule has 2 fully saturated rings. The Kier molecular flexibility index (Phi) is 7.69. The third-order valence-corrected chi connectivity index (χ3v) is 7.45. The van der Waals surface area contributed by atoms with Crippen molar-refractivity contribution in [3.8, 4) is 0 Å². The molecule has 0 aromatic carbocycles. The second kappa shape index (κ2) is 9.34. The number of hydrogen-bond donors (Lipinski definition) is 1. The Bertz CT molecular complexity index is 755. The molecule has 0 aliphatic carbocycles. The van der Waals surface area contributed by atoms with Crippen LogP contribution in [-0.2, 0) is 25.4 Å². The zero-order valence-electron chi connectivity index (χ0n) is 15.0. The highest BCUT2D eigenvalue weighted by Gasteiger charge is 2.33. The molecule has 2 atom stereocenters. The first kappa shape index (κ1) is 21.4. The molecular formula is C16H25ClN4O3S2. The summed E-state index contributed by atoms with van der Waals surface area (Å²) < 4.78 is 2.51. The predicted molar refractivity (Wildman–Crippen MR) is 110 cm³/mol. The van der Waals surface area contributed by atoms with Crippen LogP contribution in [0.3, 0.4) is 0 Å². The maximum absolute atomic E-state index is 13.1. The van der Waals surface area contributed by atoms with Gasteiger partial charge < -0.3 is 14.8 Å². The van der Waals surface area contributed by atoms with E-state index in [1.54, 1.807) is 25.0 Å². The van der Waals surface area contributed by atoms with Crippen molar-refractivity contribution in [2.75, 3.05) is 30.3 Å². The van der Waals surface area contributed by atoms with Gasteiger partial charge in [0, 0.05) is 50.1 Å². The standard InChI is InChI=1S/C16H24N4O3S2.ClH/c1-18-8-11(14(21)19(2)16(18)23)9-20(12-3-4-17-7-12)15(22)13-10-24-5-6-25-13;/h8,12-13,17H,3-7,9-10H2,1-2H3;1H. The van der Waals surface area contributed by atoms with Crippen LogP contribution in [0.25, 0.3) is 0 Å². The fraction of sp³-hybridized carbons (Fsp3) is 0.688. The van der Waals surface area contributed by atoms with Gasteiger partial charge in [0.1, 0.15) is 0 Å². The molecule has 10 heteroatoms. The zero-order chi connectivity index (χ0) is 18.0. The van der Waals surface area contributed by atoms with Gasteiger partial charge in [0.05, 0.1) is 17.4 Å². The average molecular weight is 421 g/mol. The van der Waals surface area contributed by atoms with Gasteiger partial charge in [-0.15, -0.1) is 24.2 Å². The summed E-state index contributed by atoms with van der Waals surface area (Å²) in [6.45, 7) is 1.89. The molecule has 26 heavy (non-hydrogen) atoms. The van der Waals surface area contributed by atoms with Gasteiger partial charge in [-0.05, 0) is 13.0 Å². The number of nitrogens with one attached hydrogen (secondary N) is 1. The van der Waals surface area contributed by atoms with E-state index in [1.807, 2.05) is 16.7 Å². The lowest BCUT2D eigenvalue weighted by atomic mass is 10.1. The molecule has 2 aliphatic heterocycles. The Balaban J connectivity index is 0.00000243. The molecule has 1 N–H and O–H groups in total. The minimum Gasteiger partial charge on any atom is -0.333 e. The minimum absolute atomic E-state index is 0. The largest absolute Gasteiger partial charge is 0.333 e. The highest BCUT2D eigenvalue weighted by atomic mass is 35.5. The number of amides is 1. The van der Waals surface area contributed by atoms with E-state index in [2.05, 4.69) is 5.32 Å². The van der Waals surface area contributed by atoms with Gasteiger partial charge in [-0.1, -0.05) is 0 Å². The third-order valence-electron chi connectivity index (χ3n) is 4.71. The molecule has 1 aromatic heterocycles. The first-order valence-corrected chi connectivity index (χ1v) is 10.7. The van der Waals surface area contributed by atoms with Crippen molar-refractivity contribution in [1.82, 2.24) is 19.4 Å². The molecule has 0 radical (unpaired) electrons. The van der Waals surface area contributed by atoms with Crippen molar-refractivity contribution in [3.63, 3.8) is 0 Å². The summed E-state index contributed by atoms with van der Waals surface area (Å²) in [4.78, 5) is 39.3. The van der Waals surface area contributed by atoms with Crippen molar-refractivity contribution >= 4 is 41.8 Å². The highest BCUT2D eigenvalue weighted by molar-refractivity contribution is 8.07. The SMILES string of the molecule is Cl.Cn1cc(CN(C(=O)C2CSCCS2)C2CCNC2)c(=O)n(C)c1=O. The van der Waals surface area contributed by atoms with Gasteiger partial charge in [0.25, 0.3) is 5.56 Å².